The molecule has 134 valence electrons. The lowest BCUT2D eigenvalue weighted by Gasteiger charge is -2.10. The van der Waals surface area contributed by atoms with Gasteiger partial charge in [0.25, 0.3) is 0 Å². The van der Waals surface area contributed by atoms with Gasteiger partial charge in [-0.15, -0.1) is 13.2 Å². The molecule has 11 heteroatoms. The van der Waals surface area contributed by atoms with Crippen LogP contribution in [0.1, 0.15) is 6.92 Å². The monoisotopic (exact) mass is 358 g/mol. The third-order valence-electron chi connectivity index (χ3n) is 2.82. The Labute approximate surface area is 139 Å². The average molecular weight is 358 g/mol. The van der Waals surface area contributed by atoms with Crippen LogP contribution in [0, 0.1) is 0 Å². The minimum absolute atomic E-state index is 0.0152. The molecule has 25 heavy (non-hydrogen) atoms. The predicted molar refractivity (Wildman–Crippen MR) is 80.4 cm³/mol. The first-order valence-corrected chi connectivity index (χ1v) is 6.92. The third kappa shape index (κ3) is 5.41. The number of rotatable bonds is 6. The SMILES string of the molecule is CCn1cc(NC(=O)Nc2ccc(OC(F)(F)F)cc2)nc1OC=O. The summed E-state index contributed by atoms with van der Waals surface area (Å²) in [6, 6.07) is 3.94. The van der Waals surface area contributed by atoms with Crippen molar-refractivity contribution in [3.63, 3.8) is 0 Å². The van der Waals surface area contributed by atoms with Crippen LogP contribution in [0.3, 0.4) is 0 Å². The van der Waals surface area contributed by atoms with E-state index in [1.54, 1.807) is 6.92 Å². The molecule has 0 aliphatic rings. The first kappa shape index (κ1) is 18.1. The molecule has 2 rings (SSSR count). The van der Waals surface area contributed by atoms with Crippen molar-refractivity contribution in [3.05, 3.63) is 30.5 Å². The first-order valence-electron chi connectivity index (χ1n) is 6.92. The van der Waals surface area contributed by atoms with Gasteiger partial charge in [0.1, 0.15) is 5.75 Å². The number of carbonyl (C=O) groups excluding carboxylic acids is 2. The van der Waals surface area contributed by atoms with Gasteiger partial charge in [0.2, 0.25) is 0 Å². The number of anilines is 2. The van der Waals surface area contributed by atoms with Crippen LogP contribution >= 0.6 is 0 Å². The molecule has 0 atom stereocenters. The molecule has 1 aromatic heterocycles. The summed E-state index contributed by atoms with van der Waals surface area (Å²) >= 11 is 0. The molecular formula is C14H13F3N4O4. The smallest absolute Gasteiger partial charge is 0.406 e. The minimum Gasteiger partial charge on any atom is -0.406 e. The van der Waals surface area contributed by atoms with E-state index in [0.29, 0.717) is 6.54 Å². The van der Waals surface area contributed by atoms with Gasteiger partial charge in [0.15, 0.2) is 5.82 Å². The van der Waals surface area contributed by atoms with Gasteiger partial charge in [-0.1, -0.05) is 0 Å². The number of urea groups is 1. The van der Waals surface area contributed by atoms with Crippen molar-refractivity contribution >= 4 is 24.0 Å². The number of amides is 2. The molecule has 0 aliphatic heterocycles. The lowest BCUT2D eigenvalue weighted by molar-refractivity contribution is -0.274. The van der Waals surface area contributed by atoms with Gasteiger partial charge in [-0.05, 0) is 31.2 Å². The summed E-state index contributed by atoms with van der Waals surface area (Å²) < 4.78 is 46.1. The van der Waals surface area contributed by atoms with Gasteiger partial charge < -0.3 is 14.8 Å². The molecule has 2 amide bonds. The highest BCUT2D eigenvalue weighted by Gasteiger charge is 2.30. The molecule has 8 nitrogen and oxygen atoms in total. The number of alkyl halides is 3. The van der Waals surface area contributed by atoms with Gasteiger partial charge in [-0.2, -0.15) is 4.98 Å². The fourth-order valence-corrected chi connectivity index (χ4v) is 1.84. The zero-order chi connectivity index (χ0) is 18.4. The van der Waals surface area contributed by atoms with Crippen LogP contribution in [-0.4, -0.2) is 28.4 Å². The number of imidazole rings is 1. The largest absolute Gasteiger partial charge is 0.573 e. The summed E-state index contributed by atoms with van der Waals surface area (Å²) in [7, 11) is 0. The topological polar surface area (TPSA) is 94.5 Å². The van der Waals surface area contributed by atoms with Crippen LogP contribution in [0.4, 0.5) is 29.5 Å². The second-order valence-electron chi connectivity index (χ2n) is 4.56. The summed E-state index contributed by atoms with van der Waals surface area (Å²) in [5.74, 6) is -0.274. The lowest BCUT2D eigenvalue weighted by Crippen LogP contribution is -2.20. The van der Waals surface area contributed by atoms with E-state index in [2.05, 4.69) is 25.1 Å². The molecule has 2 aromatic rings. The van der Waals surface area contributed by atoms with Crippen LogP contribution in [0.2, 0.25) is 0 Å². The Bertz CT molecular complexity index is 744. The summed E-state index contributed by atoms with van der Waals surface area (Å²) in [5.41, 5.74) is 0.242. The summed E-state index contributed by atoms with van der Waals surface area (Å²) in [6.45, 7) is 2.46. The highest BCUT2D eigenvalue weighted by Crippen LogP contribution is 2.24. The average Bonchev–Trinajstić information content (AvgIpc) is 2.89. The van der Waals surface area contributed by atoms with Gasteiger partial charge >= 0.3 is 24.9 Å². The van der Waals surface area contributed by atoms with E-state index in [9.17, 15) is 22.8 Å². The van der Waals surface area contributed by atoms with Gasteiger partial charge in [-0.25, -0.2) is 4.79 Å². The number of halogens is 3. The number of ether oxygens (including phenoxy) is 2. The maximum absolute atomic E-state index is 12.1. The lowest BCUT2D eigenvalue weighted by atomic mass is 10.3. The highest BCUT2D eigenvalue weighted by atomic mass is 19.4. The van der Waals surface area contributed by atoms with Crippen molar-refractivity contribution in [1.29, 1.82) is 0 Å². The van der Waals surface area contributed by atoms with Crippen molar-refractivity contribution in [3.8, 4) is 11.8 Å². The Hall–Kier alpha value is -3.24. The molecule has 2 N–H and O–H groups in total. The Morgan fingerprint density at radius 2 is 1.96 bits per heavy atom. The second-order valence-corrected chi connectivity index (χ2v) is 4.56. The molecule has 1 aromatic carbocycles. The molecule has 0 saturated carbocycles. The minimum atomic E-state index is -4.79. The maximum Gasteiger partial charge on any atom is 0.573 e. The van der Waals surface area contributed by atoms with Crippen LogP contribution in [0.25, 0.3) is 0 Å². The summed E-state index contributed by atoms with van der Waals surface area (Å²) in [6.07, 6.45) is -3.33. The molecule has 0 bridgehead atoms. The maximum atomic E-state index is 12.1. The molecule has 0 unspecified atom stereocenters. The van der Waals surface area contributed by atoms with Crippen molar-refractivity contribution < 1.29 is 32.2 Å². The Kier molecular flexibility index (Phi) is 5.47. The number of aryl methyl sites for hydroxylation is 1. The number of nitrogens with one attached hydrogen (secondary N) is 2. The number of carbonyl (C=O) groups is 2. The quantitative estimate of drug-likeness (QED) is 0.774. The van der Waals surface area contributed by atoms with E-state index < -0.39 is 18.1 Å². The Morgan fingerprint density at radius 1 is 1.28 bits per heavy atom. The molecule has 0 spiro atoms. The number of hydrogen-bond donors (Lipinski definition) is 2. The van der Waals surface area contributed by atoms with Crippen molar-refractivity contribution in [2.24, 2.45) is 0 Å². The van der Waals surface area contributed by atoms with E-state index in [1.807, 2.05) is 0 Å². The molecule has 0 fully saturated rings. The fourth-order valence-electron chi connectivity index (χ4n) is 1.84. The molecule has 1 heterocycles. The van der Waals surface area contributed by atoms with Crippen LogP contribution in [0.5, 0.6) is 11.8 Å². The molecule has 0 saturated heterocycles. The summed E-state index contributed by atoms with van der Waals surface area (Å²) in [5, 5.41) is 4.82. The van der Waals surface area contributed by atoms with Crippen molar-refractivity contribution in [2.75, 3.05) is 10.6 Å². The van der Waals surface area contributed by atoms with Crippen LogP contribution in [-0.2, 0) is 11.3 Å². The highest BCUT2D eigenvalue weighted by molar-refractivity contribution is 5.99. The van der Waals surface area contributed by atoms with Gasteiger partial charge in [-0.3, -0.25) is 14.7 Å². The predicted octanol–water partition coefficient (Wildman–Crippen LogP) is 2.98. The fraction of sp³-hybridized carbons (Fsp3) is 0.214. The van der Waals surface area contributed by atoms with E-state index in [4.69, 9.17) is 0 Å². The van der Waals surface area contributed by atoms with Crippen LogP contribution < -0.4 is 20.1 Å². The van der Waals surface area contributed by atoms with Crippen molar-refractivity contribution in [1.82, 2.24) is 9.55 Å². The van der Waals surface area contributed by atoms with E-state index in [1.165, 1.54) is 22.9 Å². The number of aromatic nitrogens is 2. The number of benzene rings is 1. The number of nitrogens with zero attached hydrogens (tertiary/aromatic N) is 2. The first-order chi connectivity index (χ1) is 11.8. The third-order valence-corrected chi connectivity index (χ3v) is 2.82. The van der Waals surface area contributed by atoms with Crippen LogP contribution in [0.15, 0.2) is 30.5 Å². The second kappa shape index (κ2) is 7.55. The zero-order valence-electron chi connectivity index (χ0n) is 12.8. The van der Waals surface area contributed by atoms with Crippen molar-refractivity contribution in [2.45, 2.75) is 19.8 Å². The van der Waals surface area contributed by atoms with Gasteiger partial charge in [0.05, 0.1) is 6.20 Å². The van der Waals surface area contributed by atoms with Gasteiger partial charge in [0, 0.05) is 12.2 Å². The van der Waals surface area contributed by atoms with E-state index in [-0.39, 0.29) is 24.0 Å². The summed E-state index contributed by atoms with van der Waals surface area (Å²) in [4.78, 5) is 26.1. The number of hydrogen-bond acceptors (Lipinski definition) is 5. The zero-order valence-corrected chi connectivity index (χ0v) is 12.8. The molecule has 0 radical (unpaired) electrons. The molecule has 0 aliphatic carbocycles. The van der Waals surface area contributed by atoms with E-state index in [0.717, 1.165) is 12.1 Å². The normalized spacial score (nSPS) is 10.9. The standard InChI is InChI=1S/C14H13F3N4O4/c1-2-21-7-11(20-13(21)24-8-22)19-12(23)18-9-3-5-10(6-4-9)25-14(15,16)17/h3-8H,2H2,1H3,(H2,18,19,23). The van der Waals surface area contributed by atoms with E-state index >= 15 is 0 Å². The Balaban J connectivity index is 1.97. The molecular weight excluding hydrogens is 345 g/mol. The Morgan fingerprint density at radius 3 is 2.52 bits per heavy atom.